The van der Waals surface area contributed by atoms with E-state index >= 15 is 0 Å². The minimum atomic E-state index is -1.43. The fourth-order valence-corrected chi connectivity index (χ4v) is 2.41. The van der Waals surface area contributed by atoms with E-state index in [0.29, 0.717) is 0 Å². The quantitative estimate of drug-likeness (QED) is 0.637. The Morgan fingerprint density at radius 2 is 1.37 bits per heavy atom. The lowest BCUT2D eigenvalue weighted by atomic mass is 10.1. The molecule has 0 aliphatic carbocycles. The largest absolute Gasteiger partial charge is 0.477 e. The predicted molar refractivity (Wildman–Crippen MR) is 52.9 cm³/mol. The Labute approximate surface area is 106 Å². The van der Waals surface area contributed by atoms with Crippen molar-refractivity contribution in [3.63, 3.8) is 0 Å². The van der Waals surface area contributed by atoms with Gasteiger partial charge in [-0.15, -0.1) is 0 Å². The number of aliphatic carboxylic acids is 2. The molecule has 19 heavy (non-hydrogen) atoms. The molecule has 3 rings (SSSR count). The Balaban J connectivity index is 1.76. The monoisotopic (exact) mass is 276 g/mol. The maximum Gasteiger partial charge on any atom is 0.361 e. The summed E-state index contributed by atoms with van der Waals surface area (Å²) in [5.41, 5.74) is 0. The average molecular weight is 276 g/mol. The molecule has 0 radical (unpaired) electrons. The molecule has 2 N–H and O–H groups in total. The number of carboxylic acid groups (broad SMARTS) is 2. The summed E-state index contributed by atoms with van der Waals surface area (Å²) < 4.78 is 26.1. The summed E-state index contributed by atoms with van der Waals surface area (Å²) in [4.78, 5) is 21.7. The highest BCUT2D eigenvalue weighted by Gasteiger charge is 2.59. The van der Waals surface area contributed by atoms with Gasteiger partial charge in [0.25, 0.3) is 12.6 Å². The number of rotatable bonds is 2. The van der Waals surface area contributed by atoms with Gasteiger partial charge in [0.2, 0.25) is 0 Å². The summed E-state index contributed by atoms with van der Waals surface area (Å²) in [5, 5.41) is 17.7. The minimum Gasteiger partial charge on any atom is -0.477 e. The fourth-order valence-electron chi connectivity index (χ4n) is 2.41. The second-order valence-electron chi connectivity index (χ2n) is 4.49. The van der Waals surface area contributed by atoms with Gasteiger partial charge in [0.1, 0.15) is 18.3 Å². The van der Waals surface area contributed by atoms with Gasteiger partial charge < -0.3 is 33.9 Å². The van der Waals surface area contributed by atoms with Gasteiger partial charge >= 0.3 is 11.9 Å². The normalized spacial score (nSPS) is 48.6. The Hall–Kier alpha value is -1.26. The molecule has 106 valence electrons. The van der Waals surface area contributed by atoms with Crippen LogP contribution in [0.25, 0.3) is 0 Å². The fraction of sp³-hybridized carbons (Fsp3) is 0.800. The zero-order chi connectivity index (χ0) is 13.7. The van der Waals surface area contributed by atoms with Crippen LogP contribution >= 0.6 is 0 Å². The number of fused-ring (bicyclic) bond motifs is 3. The SMILES string of the molecule is CC1OC(C(=O)O)OC2C1OC1OC(C(=O)O)OC12. The van der Waals surface area contributed by atoms with E-state index in [1.165, 1.54) is 0 Å². The minimum absolute atomic E-state index is 0.527. The first-order valence-electron chi connectivity index (χ1n) is 5.70. The highest BCUT2D eigenvalue weighted by molar-refractivity contribution is 5.71. The van der Waals surface area contributed by atoms with E-state index in [1.54, 1.807) is 6.92 Å². The molecule has 9 heteroatoms. The number of ether oxygens (including phenoxy) is 5. The van der Waals surface area contributed by atoms with E-state index in [2.05, 4.69) is 0 Å². The molecule has 3 saturated heterocycles. The molecule has 7 unspecified atom stereocenters. The molecule has 3 aliphatic rings. The number of hydrogen-bond donors (Lipinski definition) is 2. The topological polar surface area (TPSA) is 121 Å². The summed E-state index contributed by atoms with van der Waals surface area (Å²) >= 11 is 0. The number of carbonyl (C=O) groups is 2. The summed E-state index contributed by atoms with van der Waals surface area (Å²) in [5.74, 6) is -2.54. The summed E-state index contributed by atoms with van der Waals surface area (Å²) in [6.45, 7) is 1.64. The van der Waals surface area contributed by atoms with Crippen molar-refractivity contribution < 1.29 is 43.5 Å². The van der Waals surface area contributed by atoms with Gasteiger partial charge in [-0.1, -0.05) is 0 Å². The molecule has 0 aromatic rings. The molecular formula is C10H12O9. The van der Waals surface area contributed by atoms with Crippen molar-refractivity contribution in [1.82, 2.24) is 0 Å². The summed E-state index contributed by atoms with van der Waals surface area (Å²) in [7, 11) is 0. The zero-order valence-electron chi connectivity index (χ0n) is 9.79. The van der Waals surface area contributed by atoms with Gasteiger partial charge in [-0.2, -0.15) is 0 Å². The Bertz CT molecular complexity index is 410. The van der Waals surface area contributed by atoms with Crippen LogP contribution in [0, 0.1) is 0 Å². The molecule has 9 nitrogen and oxygen atoms in total. The summed E-state index contributed by atoms with van der Waals surface area (Å²) in [6, 6.07) is 0. The first kappa shape index (κ1) is 12.8. The van der Waals surface area contributed by atoms with Gasteiger partial charge in [0.05, 0.1) is 6.10 Å². The van der Waals surface area contributed by atoms with E-state index in [1.807, 2.05) is 0 Å². The summed E-state index contributed by atoms with van der Waals surface area (Å²) in [6.07, 6.45) is -6.35. The maximum absolute atomic E-state index is 10.9. The molecule has 0 aromatic heterocycles. The lowest BCUT2D eigenvalue weighted by Gasteiger charge is -2.35. The first-order valence-corrected chi connectivity index (χ1v) is 5.70. The highest BCUT2D eigenvalue weighted by Crippen LogP contribution is 2.39. The Kier molecular flexibility index (Phi) is 2.95. The van der Waals surface area contributed by atoms with Crippen LogP contribution < -0.4 is 0 Å². The highest BCUT2D eigenvalue weighted by atomic mass is 16.9. The average Bonchev–Trinajstić information content (AvgIpc) is 2.87. The second-order valence-corrected chi connectivity index (χ2v) is 4.49. The molecule has 0 amide bonds. The van der Waals surface area contributed by atoms with E-state index in [0.717, 1.165) is 0 Å². The molecule has 3 heterocycles. The standard InChI is InChI=1S/C10H12O9/c1-2-3-4(17-9(15-2)6(11)12)5-8(16-3)19-10(18-5)7(13)14/h2-5,8-10H,1H3,(H,11,12)(H,13,14). The van der Waals surface area contributed by atoms with Crippen molar-refractivity contribution in [3.8, 4) is 0 Å². The van der Waals surface area contributed by atoms with Crippen LogP contribution in [-0.4, -0.2) is 65.4 Å². The van der Waals surface area contributed by atoms with Crippen molar-refractivity contribution in [3.05, 3.63) is 0 Å². The third-order valence-corrected chi connectivity index (χ3v) is 3.23. The Morgan fingerprint density at radius 3 is 2.00 bits per heavy atom. The van der Waals surface area contributed by atoms with Crippen molar-refractivity contribution in [2.45, 2.75) is 50.2 Å². The zero-order valence-corrected chi connectivity index (χ0v) is 9.79. The van der Waals surface area contributed by atoms with Crippen molar-refractivity contribution in [2.75, 3.05) is 0 Å². The molecule has 0 spiro atoms. The predicted octanol–water partition coefficient (Wildman–Crippen LogP) is -1.25. The van der Waals surface area contributed by atoms with Crippen molar-refractivity contribution in [1.29, 1.82) is 0 Å². The first-order chi connectivity index (χ1) is 8.97. The second kappa shape index (κ2) is 4.39. The molecule has 0 saturated carbocycles. The number of carboxylic acids is 2. The van der Waals surface area contributed by atoms with Crippen LogP contribution in [-0.2, 0) is 33.3 Å². The molecule has 0 bridgehead atoms. The van der Waals surface area contributed by atoms with Gasteiger partial charge in [-0.3, -0.25) is 0 Å². The lowest BCUT2D eigenvalue weighted by Crippen LogP contribution is -2.52. The molecule has 3 aliphatic heterocycles. The van der Waals surface area contributed by atoms with Crippen LogP contribution in [0.5, 0.6) is 0 Å². The maximum atomic E-state index is 10.9. The molecular weight excluding hydrogens is 264 g/mol. The van der Waals surface area contributed by atoms with Crippen LogP contribution in [0.15, 0.2) is 0 Å². The van der Waals surface area contributed by atoms with Gasteiger partial charge in [0.15, 0.2) is 6.29 Å². The number of hydrogen-bond acceptors (Lipinski definition) is 7. The Morgan fingerprint density at radius 1 is 0.789 bits per heavy atom. The van der Waals surface area contributed by atoms with Gasteiger partial charge in [-0.05, 0) is 6.92 Å². The molecule has 7 atom stereocenters. The third-order valence-electron chi connectivity index (χ3n) is 3.23. The van der Waals surface area contributed by atoms with Crippen LogP contribution in [0.1, 0.15) is 6.92 Å². The van der Waals surface area contributed by atoms with E-state index < -0.39 is 55.2 Å². The van der Waals surface area contributed by atoms with Gasteiger partial charge in [-0.25, -0.2) is 9.59 Å². The van der Waals surface area contributed by atoms with Crippen molar-refractivity contribution in [2.24, 2.45) is 0 Å². The van der Waals surface area contributed by atoms with Crippen LogP contribution in [0.2, 0.25) is 0 Å². The molecule has 0 aromatic carbocycles. The van der Waals surface area contributed by atoms with E-state index in [-0.39, 0.29) is 0 Å². The lowest BCUT2D eigenvalue weighted by molar-refractivity contribution is -0.288. The molecule has 3 fully saturated rings. The van der Waals surface area contributed by atoms with Crippen molar-refractivity contribution >= 4 is 11.9 Å². The van der Waals surface area contributed by atoms with Crippen LogP contribution in [0.4, 0.5) is 0 Å². The van der Waals surface area contributed by atoms with E-state index in [4.69, 9.17) is 33.9 Å². The van der Waals surface area contributed by atoms with Crippen LogP contribution in [0.3, 0.4) is 0 Å². The van der Waals surface area contributed by atoms with E-state index in [9.17, 15) is 9.59 Å². The van der Waals surface area contributed by atoms with Gasteiger partial charge in [0, 0.05) is 0 Å². The third kappa shape index (κ3) is 1.99. The smallest absolute Gasteiger partial charge is 0.361 e.